The summed E-state index contributed by atoms with van der Waals surface area (Å²) in [7, 11) is 5.86. The van der Waals surface area contributed by atoms with Gasteiger partial charge >= 0.3 is 11.6 Å². The topological polar surface area (TPSA) is 93.4 Å². The van der Waals surface area contributed by atoms with E-state index < -0.39 is 11.6 Å². The van der Waals surface area contributed by atoms with Gasteiger partial charge in [-0.1, -0.05) is 0 Å². The summed E-state index contributed by atoms with van der Waals surface area (Å²) < 4.78 is 31.6. The van der Waals surface area contributed by atoms with E-state index in [0.29, 0.717) is 28.0 Å². The fraction of sp³-hybridized carbons (Fsp3) is 0.238. The molecule has 8 nitrogen and oxygen atoms in total. The van der Waals surface area contributed by atoms with Gasteiger partial charge in [0.15, 0.2) is 11.5 Å². The second-order valence-electron chi connectivity index (χ2n) is 5.91. The van der Waals surface area contributed by atoms with Crippen molar-refractivity contribution in [3.8, 4) is 23.0 Å². The Morgan fingerprint density at radius 3 is 2.31 bits per heavy atom. The Morgan fingerprint density at radius 2 is 1.66 bits per heavy atom. The van der Waals surface area contributed by atoms with Crippen LogP contribution in [0.1, 0.15) is 15.9 Å². The highest BCUT2D eigenvalue weighted by molar-refractivity contribution is 5.94. The van der Waals surface area contributed by atoms with Gasteiger partial charge in [-0.15, -0.1) is 0 Å². The minimum Gasteiger partial charge on any atom is -0.497 e. The van der Waals surface area contributed by atoms with Crippen LogP contribution in [0, 0.1) is 0 Å². The summed E-state index contributed by atoms with van der Waals surface area (Å²) in [4.78, 5) is 24.5. The van der Waals surface area contributed by atoms with E-state index in [1.807, 2.05) is 0 Å². The summed E-state index contributed by atoms with van der Waals surface area (Å²) in [6.45, 7) is -0.134. The van der Waals surface area contributed by atoms with Gasteiger partial charge in [-0.3, -0.25) is 0 Å². The highest BCUT2D eigenvalue weighted by atomic mass is 16.5. The van der Waals surface area contributed by atoms with Gasteiger partial charge in [0, 0.05) is 23.1 Å². The predicted molar refractivity (Wildman–Crippen MR) is 104 cm³/mol. The molecule has 0 unspecified atom stereocenters. The summed E-state index contributed by atoms with van der Waals surface area (Å²) in [6, 6.07) is 9.44. The van der Waals surface area contributed by atoms with Crippen molar-refractivity contribution in [2.75, 3.05) is 28.4 Å². The third-order valence-electron chi connectivity index (χ3n) is 4.32. The van der Waals surface area contributed by atoms with Crippen molar-refractivity contribution in [1.82, 2.24) is 0 Å². The minimum atomic E-state index is -0.641. The lowest BCUT2D eigenvalue weighted by atomic mass is 10.1. The van der Waals surface area contributed by atoms with Crippen molar-refractivity contribution >= 4 is 16.9 Å². The highest BCUT2D eigenvalue weighted by Gasteiger charge is 2.22. The molecule has 0 bridgehead atoms. The quantitative estimate of drug-likeness (QED) is 0.441. The summed E-state index contributed by atoms with van der Waals surface area (Å²) in [5, 5.41) is 0.637. The Morgan fingerprint density at radius 1 is 0.897 bits per heavy atom. The zero-order valence-corrected chi connectivity index (χ0v) is 16.4. The Balaban J connectivity index is 1.91. The monoisotopic (exact) mass is 400 g/mol. The van der Waals surface area contributed by atoms with Crippen molar-refractivity contribution in [3.63, 3.8) is 0 Å². The lowest BCUT2D eigenvalue weighted by Gasteiger charge is -2.15. The van der Waals surface area contributed by atoms with Crippen molar-refractivity contribution in [1.29, 1.82) is 0 Å². The van der Waals surface area contributed by atoms with Crippen molar-refractivity contribution < 1.29 is 32.9 Å². The molecule has 0 N–H and O–H groups in total. The smallest absolute Gasteiger partial charge is 0.342 e. The number of hydrogen-bond acceptors (Lipinski definition) is 8. The standard InChI is InChI=1S/C21H20O8/c1-24-13-5-6-14-12(9-18(22)29-17(14)10-13)11-28-21(23)15-7-8-16(25-2)20(27-4)19(15)26-3/h5-10H,11H2,1-4H3. The molecule has 8 heteroatoms. The van der Waals surface area contributed by atoms with Crippen LogP contribution in [0.3, 0.4) is 0 Å². The lowest BCUT2D eigenvalue weighted by molar-refractivity contribution is 0.0469. The average Bonchev–Trinajstić information content (AvgIpc) is 2.75. The van der Waals surface area contributed by atoms with Crippen LogP contribution in [0.5, 0.6) is 23.0 Å². The number of methoxy groups -OCH3 is 4. The molecule has 0 amide bonds. The van der Waals surface area contributed by atoms with Crippen LogP contribution in [0.25, 0.3) is 11.0 Å². The van der Waals surface area contributed by atoms with Crippen molar-refractivity contribution in [2.24, 2.45) is 0 Å². The summed E-state index contributed by atoms with van der Waals surface area (Å²) in [6.07, 6.45) is 0. The lowest BCUT2D eigenvalue weighted by Crippen LogP contribution is -2.10. The van der Waals surface area contributed by atoms with Crippen LogP contribution < -0.4 is 24.6 Å². The highest BCUT2D eigenvalue weighted by Crippen LogP contribution is 2.40. The van der Waals surface area contributed by atoms with E-state index in [-0.39, 0.29) is 23.7 Å². The minimum absolute atomic E-state index is 0.134. The number of esters is 1. The fourth-order valence-corrected chi connectivity index (χ4v) is 2.94. The van der Waals surface area contributed by atoms with Gasteiger partial charge in [-0.2, -0.15) is 0 Å². The molecule has 152 valence electrons. The third kappa shape index (κ3) is 3.96. The molecule has 0 saturated heterocycles. The Hall–Kier alpha value is -3.68. The maximum absolute atomic E-state index is 12.7. The van der Waals surface area contributed by atoms with Gasteiger partial charge in [0.25, 0.3) is 0 Å². The number of benzene rings is 2. The Labute approximate surface area is 166 Å². The van der Waals surface area contributed by atoms with Gasteiger partial charge < -0.3 is 28.1 Å². The first-order valence-corrected chi connectivity index (χ1v) is 8.59. The van der Waals surface area contributed by atoms with E-state index in [1.165, 1.54) is 40.6 Å². The van der Waals surface area contributed by atoms with Gasteiger partial charge in [0.2, 0.25) is 5.75 Å². The summed E-state index contributed by atoms with van der Waals surface area (Å²) in [5.41, 5.74) is 0.456. The summed E-state index contributed by atoms with van der Waals surface area (Å²) >= 11 is 0. The van der Waals surface area contributed by atoms with Gasteiger partial charge in [-0.05, 0) is 24.3 Å². The molecule has 2 aromatic carbocycles. The fourth-order valence-electron chi connectivity index (χ4n) is 2.94. The van der Waals surface area contributed by atoms with Crippen LogP contribution in [0.15, 0.2) is 45.6 Å². The molecule has 0 aliphatic carbocycles. The van der Waals surface area contributed by atoms with E-state index in [1.54, 1.807) is 24.3 Å². The first-order chi connectivity index (χ1) is 14.0. The molecule has 0 aliphatic heterocycles. The van der Waals surface area contributed by atoms with Crippen molar-refractivity contribution in [2.45, 2.75) is 6.61 Å². The van der Waals surface area contributed by atoms with Crippen LogP contribution in [-0.2, 0) is 11.3 Å². The zero-order chi connectivity index (χ0) is 21.0. The molecule has 29 heavy (non-hydrogen) atoms. The number of ether oxygens (including phenoxy) is 5. The molecule has 0 radical (unpaired) electrons. The molecule has 0 atom stereocenters. The predicted octanol–water partition coefficient (Wildman–Crippen LogP) is 3.18. The normalized spacial score (nSPS) is 10.5. The van der Waals surface area contributed by atoms with Crippen LogP contribution in [0.4, 0.5) is 0 Å². The molecule has 3 rings (SSSR count). The Kier molecular flexibility index (Phi) is 5.92. The molecule has 0 fully saturated rings. The number of rotatable bonds is 7. The SMILES string of the molecule is COc1ccc2c(COC(=O)c3ccc(OC)c(OC)c3OC)cc(=O)oc2c1. The number of carbonyl (C=O) groups is 1. The van der Waals surface area contributed by atoms with E-state index in [9.17, 15) is 9.59 Å². The van der Waals surface area contributed by atoms with Gasteiger partial charge in [0.05, 0.1) is 28.4 Å². The van der Waals surface area contributed by atoms with Crippen LogP contribution in [-0.4, -0.2) is 34.4 Å². The average molecular weight is 400 g/mol. The largest absolute Gasteiger partial charge is 0.497 e. The second-order valence-corrected chi connectivity index (χ2v) is 5.91. The molecule has 3 aromatic rings. The first-order valence-electron chi connectivity index (χ1n) is 8.59. The summed E-state index contributed by atoms with van der Waals surface area (Å²) in [5.74, 6) is 0.797. The maximum atomic E-state index is 12.7. The van der Waals surface area contributed by atoms with E-state index in [2.05, 4.69) is 0 Å². The number of carbonyl (C=O) groups excluding carboxylic acids is 1. The second kappa shape index (κ2) is 8.55. The Bertz CT molecular complexity index is 1100. The van der Waals surface area contributed by atoms with Crippen molar-refractivity contribution in [3.05, 3.63) is 57.9 Å². The van der Waals surface area contributed by atoms with E-state index in [0.717, 1.165) is 0 Å². The molecular weight excluding hydrogens is 380 g/mol. The molecule has 1 heterocycles. The molecule has 0 saturated carbocycles. The molecule has 0 aliphatic rings. The van der Waals surface area contributed by atoms with E-state index in [4.69, 9.17) is 28.1 Å². The number of hydrogen-bond donors (Lipinski definition) is 0. The molecule has 1 aromatic heterocycles. The first kappa shape index (κ1) is 20.1. The van der Waals surface area contributed by atoms with E-state index >= 15 is 0 Å². The van der Waals surface area contributed by atoms with Crippen LogP contribution in [0.2, 0.25) is 0 Å². The van der Waals surface area contributed by atoms with Gasteiger partial charge in [-0.25, -0.2) is 9.59 Å². The third-order valence-corrected chi connectivity index (χ3v) is 4.32. The van der Waals surface area contributed by atoms with Crippen LogP contribution >= 0.6 is 0 Å². The number of fused-ring (bicyclic) bond motifs is 1. The molecular formula is C21H20O8. The molecule has 0 spiro atoms. The zero-order valence-electron chi connectivity index (χ0n) is 16.4. The maximum Gasteiger partial charge on any atom is 0.342 e. The van der Waals surface area contributed by atoms with Gasteiger partial charge in [0.1, 0.15) is 23.5 Å².